The monoisotopic (exact) mass is 328 g/mol. The summed E-state index contributed by atoms with van der Waals surface area (Å²) in [5, 5.41) is 0. The lowest BCUT2D eigenvalue weighted by atomic mass is 9.99. The Morgan fingerprint density at radius 2 is 1.87 bits per heavy atom. The maximum Gasteiger partial charge on any atom is 0.339 e. The van der Waals surface area contributed by atoms with Crippen molar-refractivity contribution in [2.75, 3.05) is 6.61 Å². The van der Waals surface area contributed by atoms with E-state index in [4.69, 9.17) is 4.74 Å². The fourth-order valence-corrected chi connectivity index (χ4v) is 3.79. The average Bonchev–Trinajstić information content (AvgIpc) is 2.87. The number of carbonyl (C=O) groups excluding carboxylic acids is 1. The number of ether oxygens (including phenoxy) is 1. The van der Waals surface area contributed by atoms with E-state index >= 15 is 0 Å². The van der Waals surface area contributed by atoms with Gasteiger partial charge in [0.05, 0.1) is 12.2 Å². The largest absolute Gasteiger partial charge is 0.462 e. The number of allylic oxidation sites excluding steroid dienone is 1. The molecule has 0 aliphatic heterocycles. The molecule has 0 saturated carbocycles. The lowest BCUT2D eigenvalue weighted by Gasteiger charge is -2.08. The molecular weight excluding hydrogens is 304 g/mol. The first-order valence-electron chi connectivity index (χ1n) is 7.99. The van der Waals surface area contributed by atoms with Crippen LogP contribution in [0.2, 0.25) is 0 Å². The van der Waals surface area contributed by atoms with Gasteiger partial charge in [0.1, 0.15) is 0 Å². The summed E-state index contributed by atoms with van der Waals surface area (Å²) >= 11 is 1.70. The number of esters is 1. The number of thiophene rings is 1. The van der Waals surface area contributed by atoms with Crippen LogP contribution in [0.3, 0.4) is 0 Å². The zero-order chi connectivity index (χ0) is 17.0. The van der Waals surface area contributed by atoms with Crippen LogP contribution < -0.4 is 0 Å². The second-order valence-electron chi connectivity index (χ2n) is 6.05. The molecule has 2 nitrogen and oxygen atoms in total. The molecule has 23 heavy (non-hydrogen) atoms. The molecule has 0 radical (unpaired) electrons. The highest BCUT2D eigenvalue weighted by Crippen LogP contribution is 2.41. The highest BCUT2D eigenvalue weighted by Gasteiger charge is 2.25. The van der Waals surface area contributed by atoms with Gasteiger partial charge in [0, 0.05) is 15.3 Å². The molecule has 1 heterocycles. The predicted molar refractivity (Wildman–Crippen MR) is 99.1 cm³/mol. The molecule has 0 unspecified atom stereocenters. The van der Waals surface area contributed by atoms with E-state index in [-0.39, 0.29) is 11.9 Å². The van der Waals surface area contributed by atoms with Gasteiger partial charge >= 0.3 is 5.97 Å². The SMILES string of the molecule is CCOC(=O)c1c(C(C)C)sc(-c2ccccc2)c1C=C(C)C. The molecule has 122 valence electrons. The van der Waals surface area contributed by atoms with E-state index in [9.17, 15) is 4.79 Å². The molecule has 3 heteroatoms. The first kappa shape index (κ1) is 17.5. The smallest absolute Gasteiger partial charge is 0.339 e. The molecule has 1 aromatic carbocycles. The average molecular weight is 328 g/mol. The first-order valence-corrected chi connectivity index (χ1v) is 8.81. The molecule has 2 aromatic rings. The molecule has 0 saturated heterocycles. The molecule has 1 aromatic heterocycles. The van der Waals surface area contributed by atoms with Gasteiger partial charge in [0.25, 0.3) is 0 Å². The third-order valence-corrected chi connectivity index (χ3v) is 5.00. The molecule has 0 aliphatic rings. The second-order valence-corrected chi connectivity index (χ2v) is 7.10. The van der Waals surface area contributed by atoms with Crippen LogP contribution in [-0.4, -0.2) is 12.6 Å². The van der Waals surface area contributed by atoms with E-state index < -0.39 is 0 Å². The molecule has 2 rings (SSSR count). The van der Waals surface area contributed by atoms with Gasteiger partial charge in [-0.1, -0.05) is 55.8 Å². The Kier molecular flexibility index (Phi) is 5.78. The van der Waals surface area contributed by atoms with Crippen LogP contribution in [0.4, 0.5) is 0 Å². The highest BCUT2D eigenvalue weighted by atomic mass is 32.1. The van der Waals surface area contributed by atoms with Gasteiger partial charge in [-0.2, -0.15) is 0 Å². The third kappa shape index (κ3) is 3.91. The number of hydrogen-bond acceptors (Lipinski definition) is 3. The maximum atomic E-state index is 12.6. The quantitative estimate of drug-likeness (QED) is 0.616. The van der Waals surface area contributed by atoms with Crippen molar-refractivity contribution in [1.29, 1.82) is 0 Å². The van der Waals surface area contributed by atoms with Gasteiger partial charge < -0.3 is 4.74 Å². The summed E-state index contributed by atoms with van der Waals surface area (Å²) < 4.78 is 5.33. The Labute approximate surface area is 142 Å². The van der Waals surface area contributed by atoms with Crippen LogP contribution >= 0.6 is 11.3 Å². The topological polar surface area (TPSA) is 26.3 Å². The lowest BCUT2D eigenvalue weighted by Crippen LogP contribution is -2.08. The molecule has 0 fully saturated rings. The molecule has 0 atom stereocenters. The molecule has 0 spiro atoms. The summed E-state index contributed by atoms with van der Waals surface area (Å²) in [6, 6.07) is 10.2. The summed E-state index contributed by atoms with van der Waals surface area (Å²) in [4.78, 5) is 14.8. The Balaban J connectivity index is 2.74. The third-order valence-electron chi connectivity index (χ3n) is 3.45. The lowest BCUT2D eigenvalue weighted by molar-refractivity contribution is 0.0525. The van der Waals surface area contributed by atoms with Crippen molar-refractivity contribution in [1.82, 2.24) is 0 Å². The summed E-state index contributed by atoms with van der Waals surface area (Å²) in [5.74, 6) is 0.0586. The van der Waals surface area contributed by atoms with E-state index in [1.807, 2.05) is 25.1 Å². The summed E-state index contributed by atoms with van der Waals surface area (Å²) in [6.07, 6.45) is 2.09. The Hall–Kier alpha value is -1.87. The summed E-state index contributed by atoms with van der Waals surface area (Å²) in [7, 11) is 0. The number of carbonyl (C=O) groups is 1. The maximum absolute atomic E-state index is 12.6. The molecular formula is C20H24O2S. The zero-order valence-electron chi connectivity index (χ0n) is 14.5. The molecule has 0 amide bonds. The van der Waals surface area contributed by atoms with Crippen molar-refractivity contribution in [3.8, 4) is 10.4 Å². The Bertz CT molecular complexity index is 705. The van der Waals surface area contributed by atoms with Crippen molar-refractivity contribution in [2.24, 2.45) is 0 Å². The molecule has 0 N–H and O–H groups in total. The van der Waals surface area contributed by atoms with Crippen LogP contribution in [0.15, 0.2) is 35.9 Å². The fraction of sp³-hybridized carbons (Fsp3) is 0.350. The standard InChI is InChI=1S/C20H24O2S/c1-6-22-20(21)17-16(12-13(2)3)19(23-18(17)14(4)5)15-10-8-7-9-11-15/h7-12,14H,6H2,1-5H3. The van der Waals surface area contributed by atoms with Crippen molar-refractivity contribution in [2.45, 2.75) is 40.5 Å². The Morgan fingerprint density at radius 3 is 2.39 bits per heavy atom. The summed E-state index contributed by atoms with van der Waals surface area (Å²) in [5.41, 5.74) is 4.03. The normalized spacial score (nSPS) is 10.7. The van der Waals surface area contributed by atoms with Gasteiger partial charge in [-0.25, -0.2) is 4.79 Å². The van der Waals surface area contributed by atoms with Crippen LogP contribution in [0.1, 0.15) is 61.3 Å². The zero-order valence-corrected chi connectivity index (χ0v) is 15.3. The first-order chi connectivity index (χ1) is 11.0. The van der Waals surface area contributed by atoms with Gasteiger partial charge in [0.15, 0.2) is 0 Å². The minimum atomic E-state index is -0.220. The van der Waals surface area contributed by atoms with Crippen LogP contribution in [0.25, 0.3) is 16.5 Å². The molecule has 0 aliphatic carbocycles. The fourth-order valence-electron chi connectivity index (χ4n) is 2.51. The van der Waals surface area contributed by atoms with Crippen molar-refractivity contribution >= 4 is 23.4 Å². The van der Waals surface area contributed by atoms with Crippen LogP contribution in [0.5, 0.6) is 0 Å². The van der Waals surface area contributed by atoms with E-state index in [1.54, 1.807) is 11.3 Å². The second kappa shape index (κ2) is 7.60. The Morgan fingerprint density at radius 1 is 1.22 bits per heavy atom. The minimum absolute atomic E-state index is 0.220. The predicted octanol–water partition coefficient (Wildman–Crippen LogP) is 6.14. The van der Waals surface area contributed by atoms with Gasteiger partial charge in [-0.05, 0) is 32.3 Å². The van der Waals surface area contributed by atoms with Gasteiger partial charge in [-0.3, -0.25) is 0 Å². The minimum Gasteiger partial charge on any atom is -0.462 e. The van der Waals surface area contributed by atoms with E-state index in [2.05, 4.69) is 45.9 Å². The van der Waals surface area contributed by atoms with Crippen molar-refractivity contribution < 1.29 is 9.53 Å². The number of rotatable bonds is 5. The van der Waals surface area contributed by atoms with Crippen molar-refractivity contribution in [3.05, 3.63) is 51.9 Å². The van der Waals surface area contributed by atoms with E-state index in [1.165, 1.54) is 5.57 Å². The number of benzene rings is 1. The van der Waals surface area contributed by atoms with Gasteiger partial charge in [0.2, 0.25) is 0 Å². The van der Waals surface area contributed by atoms with Crippen molar-refractivity contribution in [3.63, 3.8) is 0 Å². The van der Waals surface area contributed by atoms with E-state index in [0.29, 0.717) is 6.61 Å². The molecule has 0 bridgehead atoms. The van der Waals surface area contributed by atoms with Gasteiger partial charge in [-0.15, -0.1) is 11.3 Å². The van der Waals surface area contributed by atoms with Crippen LogP contribution in [-0.2, 0) is 4.74 Å². The van der Waals surface area contributed by atoms with E-state index in [0.717, 1.165) is 26.4 Å². The van der Waals surface area contributed by atoms with Crippen LogP contribution in [0, 0.1) is 0 Å². The highest BCUT2D eigenvalue weighted by molar-refractivity contribution is 7.16. The number of hydrogen-bond donors (Lipinski definition) is 0. The summed E-state index contributed by atoms with van der Waals surface area (Å²) in [6.45, 7) is 10.6.